The van der Waals surface area contributed by atoms with Crippen LogP contribution in [0.4, 0.5) is 0 Å². The molecule has 0 aromatic heterocycles. The fraction of sp³-hybridized carbons (Fsp3) is 0.417. The second-order valence-electron chi connectivity index (χ2n) is 4.11. The summed E-state index contributed by atoms with van der Waals surface area (Å²) in [5, 5.41) is 4.04. The van der Waals surface area contributed by atoms with E-state index in [0.717, 1.165) is 36.8 Å². The summed E-state index contributed by atoms with van der Waals surface area (Å²) in [7, 11) is 0. The lowest BCUT2D eigenvalue weighted by molar-refractivity contribution is 0.215. The highest BCUT2D eigenvalue weighted by atomic mass is 35.5. The molecule has 1 atom stereocenters. The number of nitrogens with one attached hydrogen (secondary N) is 1. The third-order valence-electron chi connectivity index (χ3n) is 2.99. The van der Waals surface area contributed by atoms with E-state index in [1.807, 2.05) is 24.3 Å². The van der Waals surface area contributed by atoms with Crippen molar-refractivity contribution in [3.8, 4) is 0 Å². The molecule has 0 radical (unpaired) electrons. The molecule has 17 heavy (non-hydrogen) atoms. The van der Waals surface area contributed by atoms with Gasteiger partial charge in [-0.05, 0) is 11.6 Å². The van der Waals surface area contributed by atoms with E-state index >= 15 is 0 Å². The molecule has 1 fully saturated rings. The van der Waals surface area contributed by atoms with Crippen molar-refractivity contribution in [3.63, 3.8) is 0 Å². The average molecular weight is 270 g/mol. The number of hydrogen-bond acceptors (Lipinski definition) is 3. The number of nitrogens with zero attached hydrogens (tertiary/aromatic N) is 1. The number of rotatable bonds is 3. The molecule has 1 unspecified atom stereocenters. The maximum Gasteiger partial charge on any atom is 0.0948 e. The minimum absolute atomic E-state index is 0.0548. The largest absolute Gasteiger partial charge is 0.392 e. The van der Waals surface area contributed by atoms with E-state index in [1.54, 1.807) is 0 Å². The van der Waals surface area contributed by atoms with E-state index in [-0.39, 0.29) is 6.04 Å². The van der Waals surface area contributed by atoms with Gasteiger partial charge in [-0.1, -0.05) is 42.0 Å². The maximum absolute atomic E-state index is 6.22. The number of halogens is 1. The van der Waals surface area contributed by atoms with Crippen molar-refractivity contribution >= 4 is 28.8 Å². The molecule has 1 saturated heterocycles. The van der Waals surface area contributed by atoms with Crippen LogP contribution in [0.1, 0.15) is 11.6 Å². The number of piperazine rings is 1. The molecule has 1 aromatic rings. The van der Waals surface area contributed by atoms with Crippen LogP contribution in [0.15, 0.2) is 24.3 Å². The number of thiocarbonyl (C=S) groups is 1. The summed E-state index contributed by atoms with van der Waals surface area (Å²) in [6.45, 7) is 3.80. The van der Waals surface area contributed by atoms with Gasteiger partial charge in [0.15, 0.2) is 0 Å². The predicted octanol–water partition coefficient (Wildman–Crippen LogP) is 1.57. The van der Waals surface area contributed by atoms with Gasteiger partial charge >= 0.3 is 0 Å². The molecule has 1 heterocycles. The normalized spacial score (nSPS) is 18.9. The highest BCUT2D eigenvalue weighted by molar-refractivity contribution is 7.80. The summed E-state index contributed by atoms with van der Waals surface area (Å²) in [4.78, 5) is 2.76. The van der Waals surface area contributed by atoms with Gasteiger partial charge in [0.1, 0.15) is 0 Å². The minimum Gasteiger partial charge on any atom is -0.392 e. The summed E-state index contributed by atoms with van der Waals surface area (Å²) in [6.07, 6.45) is 0. The maximum atomic E-state index is 6.22. The van der Waals surface area contributed by atoms with Crippen LogP contribution in [-0.4, -0.2) is 36.1 Å². The van der Waals surface area contributed by atoms with E-state index in [4.69, 9.17) is 29.6 Å². The zero-order chi connectivity index (χ0) is 12.3. The Morgan fingerprint density at radius 1 is 1.35 bits per heavy atom. The second kappa shape index (κ2) is 5.78. The van der Waals surface area contributed by atoms with Gasteiger partial charge in [-0.25, -0.2) is 0 Å². The van der Waals surface area contributed by atoms with Gasteiger partial charge in [0.2, 0.25) is 0 Å². The zero-order valence-electron chi connectivity index (χ0n) is 9.53. The van der Waals surface area contributed by atoms with Gasteiger partial charge in [0.25, 0.3) is 0 Å². The van der Waals surface area contributed by atoms with Crippen molar-refractivity contribution in [1.82, 2.24) is 10.2 Å². The van der Waals surface area contributed by atoms with E-state index in [9.17, 15) is 0 Å². The Balaban J connectivity index is 2.28. The van der Waals surface area contributed by atoms with Crippen molar-refractivity contribution in [3.05, 3.63) is 34.9 Å². The standard InChI is InChI=1S/C12H16ClN3S/c13-10-4-2-1-3-9(10)11(12(14)17)16-7-5-15-6-8-16/h1-4,11,15H,5-8H2,(H2,14,17). The summed E-state index contributed by atoms with van der Waals surface area (Å²) in [5.74, 6) is 0. The van der Waals surface area contributed by atoms with Crippen LogP contribution in [0.3, 0.4) is 0 Å². The van der Waals surface area contributed by atoms with E-state index < -0.39 is 0 Å². The fourth-order valence-electron chi connectivity index (χ4n) is 2.17. The van der Waals surface area contributed by atoms with Gasteiger partial charge in [-0.3, -0.25) is 4.90 Å². The van der Waals surface area contributed by atoms with Crippen LogP contribution in [0, 0.1) is 0 Å². The molecule has 0 spiro atoms. The molecule has 3 N–H and O–H groups in total. The Labute approximate surface area is 112 Å². The summed E-state index contributed by atoms with van der Waals surface area (Å²) >= 11 is 11.4. The number of benzene rings is 1. The lowest BCUT2D eigenvalue weighted by atomic mass is 10.0. The molecule has 0 saturated carbocycles. The van der Waals surface area contributed by atoms with Gasteiger partial charge in [-0.15, -0.1) is 0 Å². The van der Waals surface area contributed by atoms with Crippen LogP contribution in [0.5, 0.6) is 0 Å². The van der Waals surface area contributed by atoms with Crippen molar-refractivity contribution in [2.75, 3.05) is 26.2 Å². The van der Waals surface area contributed by atoms with Crippen LogP contribution in [-0.2, 0) is 0 Å². The van der Waals surface area contributed by atoms with Crippen molar-refractivity contribution in [1.29, 1.82) is 0 Å². The number of hydrogen-bond donors (Lipinski definition) is 2. The van der Waals surface area contributed by atoms with Gasteiger partial charge in [0.05, 0.1) is 11.0 Å². The SMILES string of the molecule is NC(=S)C(c1ccccc1Cl)N1CCNCC1. The molecule has 0 aliphatic carbocycles. The molecule has 3 nitrogen and oxygen atoms in total. The van der Waals surface area contributed by atoms with Gasteiger partial charge in [-0.2, -0.15) is 0 Å². The quantitative estimate of drug-likeness (QED) is 0.818. The number of nitrogens with two attached hydrogens (primary N) is 1. The Morgan fingerprint density at radius 2 is 2.00 bits per heavy atom. The third kappa shape index (κ3) is 2.96. The van der Waals surface area contributed by atoms with Crippen LogP contribution in [0.2, 0.25) is 5.02 Å². The monoisotopic (exact) mass is 269 g/mol. The first-order valence-electron chi connectivity index (χ1n) is 5.68. The van der Waals surface area contributed by atoms with Gasteiger partial charge in [0, 0.05) is 31.2 Å². The predicted molar refractivity (Wildman–Crippen MR) is 75.4 cm³/mol. The highest BCUT2D eigenvalue weighted by Crippen LogP contribution is 2.27. The first-order chi connectivity index (χ1) is 8.20. The topological polar surface area (TPSA) is 41.3 Å². The molecule has 1 aliphatic heterocycles. The summed E-state index contributed by atoms with van der Waals surface area (Å²) in [5.41, 5.74) is 6.88. The Kier molecular flexibility index (Phi) is 4.34. The smallest absolute Gasteiger partial charge is 0.0948 e. The minimum atomic E-state index is -0.0548. The summed E-state index contributed by atoms with van der Waals surface area (Å²) in [6, 6.07) is 7.70. The molecule has 1 aromatic carbocycles. The first-order valence-corrected chi connectivity index (χ1v) is 6.47. The molecule has 2 rings (SSSR count). The van der Waals surface area contributed by atoms with Gasteiger partial charge < -0.3 is 11.1 Å². The average Bonchev–Trinajstić information content (AvgIpc) is 2.33. The van der Waals surface area contributed by atoms with Crippen LogP contribution >= 0.6 is 23.8 Å². The molecule has 0 amide bonds. The molecule has 92 valence electrons. The van der Waals surface area contributed by atoms with E-state index in [1.165, 1.54) is 0 Å². The molecule has 5 heteroatoms. The van der Waals surface area contributed by atoms with E-state index in [0.29, 0.717) is 4.99 Å². The van der Waals surface area contributed by atoms with Crippen LogP contribution < -0.4 is 11.1 Å². The van der Waals surface area contributed by atoms with E-state index in [2.05, 4.69) is 10.2 Å². The molecule has 1 aliphatic rings. The Morgan fingerprint density at radius 3 is 2.59 bits per heavy atom. The molecular weight excluding hydrogens is 254 g/mol. The fourth-order valence-corrected chi connectivity index (χ4v) is 2.68. The molecule has 0 bridgehead atoms. The van der Waals surface area contributed by atoms with Crippen molar-refractivity contribution in [2.45, 2.75) is 6.04 Å². The molecular formula is C12H16ClN3S. The summed E-state index contributed by atoms with van der Waals surface area (Å²) < 4.78 is 0. The third-order valence-corrected chi connectivity index (χ3v) is 3.55. The Hall–Kier alpha value is -0.680. The lowest BCUT2D eigenvalue weighted by Crippen LogP contribution is -2.48. The highest BCUT2D eigenvalue weighted by Gasteiger charge is 2.25. The lowest BCUT2D eigenvalue weighted by Gasteiger charge is -2.34. The van der Waals surface area contributed by atoms with Crippen molar-refractivity contribution in [2.24, 2.45) is 5.73 Å². The van der Waals surface area contributed by atoms with Crippen LogP contribution in [0.25, 0.3) is 0 Å². The first kappa shape index (κ1) is 12.8. The van der Waals surface area contributed by atoms with Crippen molar-refractivity contribution < 1.29 is 0 Å². The Bertz CT molecular complexity index is 404. The second-order valence-corrected chi connectivity index (χ2v) is 4.99. The zero-order valence-corrected chi connectivity index (χ0v) is 11.1.